The third kappa shape index (κ3) is 3.75. The molecule has 0 heterocycles. The van der Waals surface area contributed by atoms with E-state index in [1.54, 1.807) is 6.92 Å². The molecule has 1 aromatic rings. The van der Waals surface area contributed by atoms with E-state index in [-0.39, 0.29) is 11.6 Å². The Morgan fingerprint density at radius 1 is 1.33 bits per heavy atom. The van der Waals surface area contributed by atoms with Crippen LogP contribution in [0.2, 0.25) is 0 Å². The zero-order valence-corrected chi connectivity index (χ0v) is 10.6. The molecule has 1 aromatic carbocycles. The molecule has 4 heteroatoms. The van der Waals surface area contributed by atoms with E-state index in [1.807, 2.05) is 0 Å². The predicted molar refractivity (Wildman–Crippen MR) is 66.3 cm³/mol. The highest BCUT2D eigenvalue weighted by Gasteiger charge is 2.21. The van der Waals surface area contributed by atoms with Gasteiger partial charge in [-0.15, -0.1) is 0 Å². The lowest BCUT2D eigenvalue weighted by Crippen LogP contribution is -2.25. The summed E-state index contributed by atoms with van der Waals surface area (Å²) in [6, 6.07) is 3.58. The van der Waals surface area contributed by atoms with Gasteiger partial charge in [0.2, 0.25) is 0 Å². The first-order valence-corrected chi connectivity index (χ1v) is 6.43. The Labute approximate surface area is 106 Å². The largest absolute Gasteiger partial charge is 0.380 e. The average Bonchev–Trinajstić information content (AvgIpc) is 3.12. The molecule has 1 unspecified atom stereocenters. The minimum absolute atomic E-state index is 0.0969. The normalized spacial score (nSPS) is 16.8. The summed E-state index contributed by atoms with van der Waals surface area (Å²) in [7, 11) is 0. The third-order valence-electron chi connectivity index (χ3n) is 3.18. The maximum absolute atomic E-state index is 13.5. The number of halogens is 2. The van der Waals surface area contributed by atoms with Gasteiger partial charge in [0.1, 0.15) is 11.6 Å². The van der Waals surface area contributed by atoms with Gasteiger partial charge in [0.25, 0.3) is 0 Å². The van der Waals surface area contributed by atoms with Crippen LogP contribution in [-0.4, -0.2) is 19.8 Å². The van der Waals surface area contributed by atoms with E-state index >= 15 is 0 Å². The summed E-state index contributed by atoms with van der Waals surface area (Å²) >= 11 is 0. The van der Waals surface area contributed by atoms with Gasteiger partial charge >= 0.3 is 0 Å². The van der Waals surface area contributed by atoms with Crippen molar-refractivity contribution < 1.29 is 13.5 Å². The van der Waals surface area contributed by atoms with Gasteiger partial charge in [-0.1, -0.05) is 6.07 Å². The van der Waals surface area contributed by atoms with Crippen LogP contribution < -0.4 is 5.32 Å². The molecule has 2 rings (SSSR count). The molecule has 0 bridgehead atoms. The first-order chi connectivity index (χ1) is 8.68. The molecule has 0 radical (unpaired) electrons. The maximum atomic E-state index is 13.5. The predicted octanol–water partition coefficient (Wildman–Crippen LogP) is 3.04. The summed E-state index contributed by atoms with van der Waals surface area (Å²) < 4.78 is 32.4. The van der Waals surface area contributed by atoms with Crippen molar-refractivity contribution >= 4 is 0 Å². The van der Waals surface area contributed by atoms with E-state index in [1.165, 1.54) is 31.0 Å². The Kier molecular flexibility index (Phi) is 4.66. The molecule has 1 aliphatic carbocycles. The first-order valence-electron chi connectivity index (χ1n) is 6.43. The number of benzene rings is 1. The monoisotopic (exact) mass is 255 g/mol. The minimum Gasteiger partial charge on any atom is -0.380 e. The summed E-state index contributed by atoms with van der Waals surface area (Å²) in [5.41, 5.74) is 0.0969. The summed E-state index contributed by atoms with van der Waals surface area (Å²) in [4.78, 5) is 0. The maximum Gasteiger partial charge on any atom is 0.130 e. The molecule has 1 fully saturated rings. The summed E-state index contributed by atoms with van der Waals surface area (Å²) in [6.07, 6.45) is 2.54. The molecule has 0 saturated heterocycles. The highest BCUT2D eigenvalue weighted by Crippen LogP contribution is 2.28. The molecular formula is C14H19F2NO. The van der Waals surface area contributed by atoms with Crippen molar-refractivity contribution in [2.45, 2.75) is 25.8 Å². The fraction of sp³-hybridized carbons (Fsp3) is 0.571. The number of rotatable bonds is 7. The molecule has 2 nitrogen and oxygen atoms in total. The van der Waals surface area contributed by atoms with Crippen molar-refractivity contribution in [3.8, 4) is 0 Å². The van der Waals surface area contributed by atoms with Crippen molar-refractivity contribution in [2.75, 3.05) is 19.8 Å². The number of hydrogen-bond donors (Lipinski definition) is 1. The lowest BCUT2D eigenvalue weighted by atomic mass is 10.1. The average molecular weight is 255 g/mol. The van der Waals surface area contributed by atoms with E-state index in [0.717, 1.165) is 12.5 Å². The van der Waals surface area contributed by atoms with Gasteiger partial charge < -0.3 is 10.1 Å². The third-order valence-corrected chi connectivity index (χ3v) is 3.18. The van der Waals surface area contributed by atoms with E-state index in [2.05, 4.69) is 5.32 Å². The van der Waals surface area contributed by atoms with Gasteiger partial charge in [-0.05, 0) is 37.8 Å². The second-order valence-corrected chi connectivity index (χ2v) is 4.83. The quantitative estimate of drug-likeness (QED) is 0.756. The van der Waals surface area contributed by atoms with Crippen LogP contribution in [0.5, 0.6) is 0 Å². The smallest absolute Gasteiger partial charge is 0.130 e. The van der Waals surface area contributed by atoms with Gasteiger partial charge in [-0.2, -0.15) is 0 Å². The lowest BCUT2D eigenvalue weighted by molar-refractivity contribution is 0.124. The van der Waals surface area contributed by atoms with E-state index in [4.69, 9.17) is 4.74 Å². The van der Waals surface area contributed by atoms with Crippen molar-refractivity contribution in [1.82, 2.24) is 5.32 Å². The lowest BCUT2D eigenvalue weighted by Gasteiger charge is -2.15. The topological polar surface area (TPSA) is 21.3 Å². The highest BCUT2D eigenvalue weighted by atomic mass is 19.1. The number of hydrogen-bond acceptors (Lipinski definition) is 2. The zero-order chi connectivity index (χ0) is 13.0. The van der Waals surface area contributed by atoms with Crippen molar-refractivity contribution in [1.29, 1.82) is 0 Å². The fourth-order valence-corrected chi connectivity index (χ4v) is 1.91. The van der Waals surface area contributed by atoms with Crippen LogP contribution in [0.3, 0.4) is 0 Å². The summed E-state index contributed by atoms with van der Waals surface area (Å²) in [6.45, 7) is 3.74. The van der Waals surface area contributed by atoms with Crippen molar-refractivity contribution in [2.24, 2.45) is 5.92 Å². The Hall–Kier alpha value is -1.00. The van der Waals surface area contributed by atoms with Gasteiger partial charge in [-0.3, -0.25) is 0 Å². The molecule has 1 aliphatic rings. The van der Waals surface area contributed by atoms with E-state index in [9.17, 15) is 8.78 Å². The number of nitrogens with one attached hydrogen (secondary N) is 1. The van der Waals surface area contributed by atoms with Gasteiger partial charge in [0.15, 0.2) is 0 Å². The van der Waals surface area contributed by atoms with Gasteiger partial charge in [0, 0.05) is 24.8 Å². The van der Waals surface area contributed by atoms with Crippen LogP contribution in [0.15, 0.2) is 18.2 Å². The van der Waals surface area contributed by atoms with Gasteiger partial charge in [0.05, 0.1) is 6.61 Å². The van der Waals surface area contributed by atoms with Crippen LogP contribution in [0.25, 0.3) is 0 Å². The summed E-state index contributed by atoms with van der Waals surface area (Å²) in [5.74, 6) is -0.269. The van der Waals surface area contributed by atoms with Crippen LogP contribution in [0.4, 0.5) is 8.78 Å². The molecule has 0 spiro atoms. The first kappa shape index (κ1) is 13.4. The fourth-order valence-electron chi connectivity index (χ4n) is 1.91. The van der Waals surface area contributed by atoms with Crippen LogP contribution in [0, 0.1) is 17.6 Å². The van der Waals surface area contributed by atoms with Crippen molar-refractivity contribution in [3.05, 3.63) is 35.4 Å². The van der Waals surface area contributed by atoms with E-state index < -0.39 is 11.6 Å². The Bertz CT molecular complexity index is 373. The van der Waals surface area contributed by atoms with Crippen LogP contribution >= 0.6 is 0 Å². The molecule has 0 aliphatic heterocycles. The Balaban J connectivity index is 1.74. The standard InChI is InChI=1S/C14H19F2NO/c1-10(14-12(15)3-2-4-13(14)16)17-7-8-18-9-11-5-6-11/h2-4,10-11,17H,5-9H2,1H3. The molecule has 18 heavy (non-hydrogen) atoms. The van der Waals surface area contributed by atoms with E-state index in [0.29, 0.717) is 13.2 Å². The van der Waals surface area contributed by atoms with Crippen LogP contribution in [-0.2, 0) is 4.74 Å². The Morgan fingerprint density at radius 3 is 2.61 bits per heavy atom. The number of ether oxygens (including phenoxy) is 1. The Morgan fingerprint density at radius 2 is 2.00 bits per heavy atom. The molecule has 0 aromatic heterocycles. The van der Waals surface area contributed by atoms with Crippen LogP contribution in [0.1, 0.15) is 31.4 Å². The minimum atomic E-state index is -0.506. The molecule has 1 atom stereocenters. The second-order valence-electron chi connectivity index (χ2n) is 4.83. The molecule has 0 amide bonds. The summed E-state index contributed by atoms with van der Waals surface area (Å²) in [5, 5.41) is 3.07. The second kappa shape index (κ2) is 6.25. The molecule has 1 saturated carbocycles. The molecule has 100 valence electrons. The molecule has 1 N–H and O–H groups in total. The van der Waals surface area contributed by atoms with Crippen molar-refractivity contribution in [3.63, 3.8) is 0 Å². The van der Waals surface area contributed by atoms with Gasteiger partial charge in [-0.25, -0.2) is 8.78 Å². The SMILES string of the molecule is CC(NCCOCC1CC1)c1c(F)cccc1F. The molecular weight excluding hydrogens is 236 g/mol. The zero-order valence-electron chi connectivity index (χ0n) is 10.6. The highest BCUT2D eigenvalue weighted by molar-refractivity contribution is 5.22.